The second kappa shape index (κ2) is 6.09. The van der Waals surface area contributed by atoms with E-state index in [1.807, 2.05) is 11.5 Å². The fourth-order valence-corrected chi connectivity index (χ4v) is 2.88. The van der Waals surface area contributed by atoms with Crippen LogP contribution in [0.2, 0.25) is 0 Å². The third-order valence-corrected chi connectivity index (χ3v) is 3.83. The lowest BCUT2D eigenvalue weighted by Crippen LogP contribution is -2.07. The molecule has 0 amide bonds. The van der Waals surface area contributed by atoms with Crippen LogP contribution < -0.4 is 0 Å². The molecule has 0 aliphatic carbocycles. The van der Waals surface area contributed by atoms with E-state index in [0.717, 1.165) is 11.8 Å². The van der Waals surface area contributed by atoms with Crippen LogP contribution in [0.25, 0.3) is 11.0 Å². The van der Waals surface area contributed by atoms with Crippen molar-refractivity contribution < 1.29 is 14.3 Å². The number of fused-ring (bicyclic) bond motifs is 1. The molecule has 1 atom stereocenters. The molecule has 0 spiro atoms. The molecular weight excluding hydrogens is 279 g/mol. The highest BCUT2D eigenvalue weighted by Gasteiger charge is 2.17. The van der Waals surface area contributed by atoms with E-state index in [4.69, 9.17) is 5.11 Å². The van der Waals surface area contributed by atoms with Gasteiger partial charge in [-0.25, -0.2) is 9.37 Å². The van der Waals surface area contributed by atoms with Crippen molar-refractivity contribution >= 4 is 28.8 Å². The first-order valence-corrected chi connectivity index (χ1v) is 7.14. The maximum Gasteiger partial charge on any atom is 0.313 e. The van der Waals surface area contributed by atoms with Gasteiger partial charge in [-0.1, -0.05) is 17.8 Å². The molecule has 20 heavy (non-hydrogen) atoms. The number of aromatic nitrogens is 2. The average molecular weight is 294 g/mol. The Hall–Kier alpha value is -1.82. The number of carboxylic acids is 1. The van der Waals surface area contributed by atoms with Crippen molar-refractivity contribution in [2.24, 2.45) is 0 Å². The van der Waals surface area contributed by atoms with Gasteiger partial charge in [-0.15, -0.1) is 6.58 Å². The molecule has 2 aromatic rings. The van der Waals surface area contributed by atoms with Crippen LogP contribution in [0.15, 0.2) is 36.0 Å². The molecule has 1 heterocycles. The lowest BCUT2D eigenvalue weighted by Gasteiger charge is -2.15. The van der Waals surface area contributed by atoms with Gasteiger partial charge in [0.2, 0.25) is 0 Å². The number of thioether (sulfide) groups is 1. The number of benzene rings is 1. The van der Waals surface area contributed by atoms with Crippen LogP contribution in [-0.4, -0.2) is 26.4 Å². The van der Waals surface area contributed by atoms with E-state index in [0.29, 0.717) is 22.6 Å². The summed E-state index contributed by atoms with van der Waals surface area (Å²) in [4.78, 5) is 15.1. The van der Waals surface area contributed by atoms with Crippen LogP contribution in [0.1, 0.15) is 19.4 Å². The average Bonchev–Trinajstić information content (AvgIpc) is 2.74. The molecule has 6 heteroatoms. The standard InChI is InChI=1S/C14H15FN2O2S/c1-3-4-9(2)17-12-7-10(15)5-6-11(12)16-14(17)20-8-13(18)19/h3,5-7,9H,1,4,8H2,2H3,(H,18,19). The third kappa shape index (κ3) is 3.01. The predicted octanol–water partition coefficient (Wildman–Crippen LogP) is 3.49. The molecular formula is C14H15FN2O2S. The van der Waals surface area contributed by atoms with Gasteiger partial charge in [0.15, 0.2) is 5.16 Å². The number of hydrogen-bond acceptors (Lipinski definition) is 3. The summed E-state index contributed by atoms with van der Waals surface area (Å²) in [5, 5.41) is 9.38. The maximum absolute atomic E-state index is 13.4. The zero-order chi connectivity index (χ0) is 14.7. The van der Waals surface area contributed by atoms with Crippen molar-refractivity contribution in [2.75, 3.05) is 5.75 Å². The summed E-state index contributed by atoms with van der Waals surface area (Å²) in [6, 6.07) is 4.42. The molecule has 0 saturated carbocycles. The quantitative estimate of drug-likeness (QED) is 0.654. The van der Waals surface area contributed by atoms with Gasteiger partial charge in [-0.3, -0.25) is 4.79 Å². The Kier molecular flexibility index (Phi) is 4.44. The van der Waals surface area contributed by atoms with Gasteiger partial charge >= 0.3 is 5.97 Å². The topological polar surface area (TPSA) is 55.1 Å². The number of carboxylic acid groups (broad SMARTS) is 1. The van der Waals surface area contributed by atoms with Crippen LogP contribution in [0, 0.1) is 5.82 Å². The second-order valence-electron chi connectivity index (χ2n) is 4.45. The lowest BCUT2D eigenvalue weighted by atomic mass is 10.2. The number of imidazole rings is 1. The van der Waals surface area contributed by atoms with Gasteiger partial charge in [-0.2, -0.15) is 0 Å². The molecule has 1 N–H and O–H groups in total. The van der Waals surface area contributed by atoms with Crippen molar-refractivity contribution in [3.05, 3.63) is 36.7 Å². The SMILES string of the molecule is C=CCC(C)n1c(SCC(=O)O)nc2ccc(F)cc21. The number of halogens is 1. The highest BCUT2D eigenvalue weighted by molar-refractivity contribution is 7.99. The van der Waals surface area contributed by atoms with Gasteiger partial charge in [0.1, 0.15) is 5.82 Å². The van der Waals surface area contributed by atoms with Crippen LogP contribution in [0.4, 0.5) is 4.39 Å². The van der Waals surface area contributed by atoms with Crippen molar-refractivity contribution in [3.63, 3.8) is 0 Å². The van der Waals surface area contributed by atoms with E-state index >= 15 is 0 Å². The lowest BCUT2D eigenvalue weighted by molar-refractivity contribution is -0.133. The van der Waals surface area contributed by atoms with Crippen molar-refractivity contribution in [1.29, 1.82) is 0 Å². The Morgan fingerprint density at radius 1 is 1.65 bits per heavy atom. The Labute approximate surface area is 120 Å². The molecule has 1 unspecified atom stereocenters. The predicted molar refractivity (Wildman–Crippen MR) is 77.6 cm³/mol. The summed E-state index contributed by atoms with van der Waals surface area (Å²) in [5.74, 6) is -1.32. The highest BCUT2D eigenvalue weighted by Crippen LogP contribution is 2.29. The van der Waals surface area contributed by atoms with Gasteiger partial charge < -0.3 is 9.67 Å². The summed E-state index contributed by atoms with van der Waals surface area (Å²) < 4.78 is 15.3. The molecule has 0 radical (unpaired) electrons. The Bertz CT molecular complexity index is 654. The summed E-state index contributed by atoms with van der Waals surface area (Å²) in [6.07, 6.45) is 2.48. The largest absolute Gasteiger partial charge is 0.481 e. The smallest absolute Gasteiger partial charge is 0.313 e. The molecule has 2 rings (SSSR count). The zero-order valence-electron chi connectivity index (χ0n) is 11.0. The number of aliphatic carboxylic acids is 1. The van der Waals surface area contributed by atoms with Gasteiger partial charge in [-0.05, 0) is 31.5 Å². The monoisotopic (exact) mass is 294 g/mol. The molecule has 0 saturated heterocycles. The maximum atomic E-state index is 13.4. The number of allylic oxidation sites excluding steroid dienone is 1. The van der Waals surface area contributed by atoms with E-state index in [1.165, 1.54) is 12.1 Å². The molecule has 106 valence electrons. The van der Waals surface area contributed by atoms with E-state index in [-0.39, 0.29) is 17.6 Å². The number of carbonyl (C=O) groups is 1. The van der Waals surface area contributed by atoms with E-state index in [2.05, 4.69) is 11.6 Å². The van der Waals surface area contributed by atoms with Crippen LogP contribution in [0.3, 0.4) is 0 Å². The first-order chi connectivity index (χ1) is 9.52. The minimum absolute atomic E-state index is 0.0376. The summed E-state index contributed by atoms with van der Waals surface area (Å²) in [7, 11) is 0. The number of nitrogens with zero attached hydrogens (tertiary/aromatic N) is 2. The first kappa shape index (κ1) is 14.6. The molecule has 0 aliphatic rings. The van der Waals surface area contributed by atoms with Crippen molar-refractivity contribution in [3.8, 4) is 0 Å². The Morgan fingerprint density at radius 2 is 2.40 bits per heavy atom. The van der Waals surface area contributed by atoms with E-state index < -0.39 is 5.97 Å². The molecule has 1 aromatic carbocycles. The Morgan fingerprint density at radius 3 is 3.05 bits per heavy atom. The number of rotatable bonds is 6. The normalized spacial score (nSPS) is 12.5. The van der Waals surface area contributed by atoms with Gasteiger partial charge in [0.25, 0.3) is 0 Å². The second-order valence-corrected chi connectivity index (χ2v) is 5.40. The first-order valence-electron chi connectivity index (χ1n) is 6.16. The van der Waals surface area contributed by atoms with Gasteiger partial charge in [0, 0.05) is 6.04 Å². The van der Waals surface area contributed by atoms with E-state index in [1.54, 1.807) is 12.1 Å². The Balaban J connectivity index is 2.50. The van der Waals surface area contributed by atoms with Crippen molar-refractivity contribution in [2.45, 2.75) is 24.5 Å². The fraction of sp³-hybridized carbons (Fsp3) is 0.286. The van der Waals surface area contributed by atoms with Crippen molar-refractivity contribution in [1.82, 2.24) is 9.55 Å². The highest BCUT2D eigenvalue weighted by atomic mass is 32.2. The molecule has 0 aliphatic heterocycles. The minimum atomic E-state index is -0.906. The van der Waals surface area contributed by atoms with Crippen LogP contribution >= 0.6 is 11.8 Å². The van der Waals surface area contributed by atoms with E-state index in [9.17, 15) is 9.18 Å². The fourth-order valence-electron chi connectivity index (χ4n) is 2.04. The molecule has 0 fully saturated rings. The van der Waals surface area contributed by atoms with Crippen LogP contribution in [-0.2, 0) is 4.79 Å². The molecule has 4 nitrogen and oxygen atoms in total. The third-order valence-electron chi connectivity index (χ3n) is 2.89. The summed E-state index contributed by atoms with van der Waals surface area (Å²) in [5.41, 5.74) is 1.34. The summed E-state index contributed by atoms with van der Waals surface area (Å²) >= 11 is 1.14. The minimum Gasteiger partial charge on any atom is -0.481 e. The number of hydrogen-bond donors (Lipinski definition) is 1. The van der Waals surface area contributed by atoms with Gasteiger partial charge in [0.05, 0.1) is 16.8 Å². The van der Waals surface area contributed by atoms with Crippen LogP contribution in [0.5, 0.6) is 0 Å². The molecule has 1 aromatic heterocycles. The zero-order valence-corrected chi connectivity index (χ0v) is 11.9. The summed E-state index contributed by atoms with van der Waals surface area (Å²) in [6.45, 7) is 5.67. The molecule has 0 bridgehead atoms.